The first-order chi connectivity index (χ1) is 6.78. The van der Waals surface area contributed by atoms with Gasteiger partial charge in [-0.05, 0) is 6.42 Å². The number of rotatable bonds is 6. The second-order valence-electron chi connectivity index (χ2n) is 3.78. The van der Waals surface area contributed by atoms with Gasteiger partial charge in [0.25, 0.3) is 0 Å². The van der Waals surface area contributed by atoms with Gasteiger partial charge in [0.05, 0.1) is 11.8 Å². The van der Waals surface area contributed by atoms with Gasteiger partial charge >= 0.3 is 0 Å². The zero-order valence-corrected chi connectivity index (χ0v) is 10.4. The molecule has 0 unspecified atom stereocenters. The van der Waals surface area contributed by atoms with Crippen LogP contribution in [0.15, 0.2) is 0 Å². The van der Waals surface area contributed by atoms with Crippen molar-refractivity contribution in [1.82, 2.24) is 4.90 Å². The Bertz CT molecular complexity index is 300. The first-order valence-corrected chi connectivity index (χ1v) is 7.02. The highest BCUT2D eigenvalue weighted by Gasteiger charge is 2.17. The highest BCUT2D eigenvalue weighted by Crippen LogP contribution is 1.98. The molecule has 0 aliphatic carbocycles. The smallest absolute Gasteiger partial charge is 0.239 e. The van der Waals surface area contributed by atoms with Crippen molar-refractivity contribution < 1.29 is 13.2 Å². The monoisotopic (exact) mass is 236 g/mol. The van der Waals surface area contributed by atoms with Crippen LogP contribution in [-0.2, 0) is 14.6 Å². The molecule has 0 spiro atoms. The molecular formula is C9H20N2O3S. The minimum Gasteiger partial charge on any atom is -0.343 e. The summed E-state index contributed by atoms with van der Waals surface area (Å²) in [5, 5.41) is 0. The molecule has 90 valence electrons. The third-order valence-electron chi connectivity index (χ3n) is 2.09. The molecule has 0 saturated carbocycles. The van der Waals surface area contributed by atoms with E-state index in [1.54, 1.807) is 7.05 Å². The molecule has 0 aromatic heterocycles. The van der Waals surface area contributed by atoms with Crippen LogP contribution >= 0.6 is 0 Å². The zero-order chi connectivity index (χ0) is 12.1. The van der Waals surface area contributed by atoms with E-state index < -0.39 is 15.9 Å². The number of nitrogens with zero attached hydrogens (tertiary/aromatic N) is 1. The van der Waals surface area contributed by atoms with E-state index >= 15 is 0 Å². The second-order valence-corrected chi connectivity index (χ2v) is 6.04. The molecule has 0 aromatic carbocycles. The molecule has 0 radical (unpaired) electrons. The van der Waals surface area contributed by atoms with E-state index in [2.05, 4.69) is 0 Å². The molecule has 0 rings (SSSR count). The summed E-state index contributed by atoms with van der Waals surface area (Å²) in [6.45, 7) is 2.15. The molecule has 0 fully saturated rings. The van der Waals surface area contributed by atoms with E-state index in [4.69, 9.17) is 5.73 Å². The van der Waals surface area contributed by atoms with Crippen LogP contribution in [0.5, 0.6) is 0 Å². The van der Waals surface area contributed by atoms with Crippen LogP contribution in [0.25, 0.3) is 0 Å². The lowest BCUT2D eigenvalue weighted by atomic mass is 10.1. The average molecular weight is 236 g/mol. The van der Waals surface area contributed by atoms with E-state index in [-0.39, 0.29) is 18.2 Å². The molecule has 0 saturated heterocycles. The number of carbonyl (C=O) groups excluding carboxylic acids is 1. The van der Waals surface area contributed by atoms with E-state index in [1.165, 1.54) is 4.90 Å². The van der Waals surface area contributed by atoms with Crippen molar-refractivity contribution in [2.75, 3.05) is 25.6 Å². The molecule has 5 nitrogen and oxygen atoms in total. The molecule has 0 aliphatic rings. The maximum Gasteiger partial charge on any atom is 0.239 e. The number of hydrogen-bond acceptors (Lipinski definition) is 4. The second kappa shape index (κ2) is 6.07. The van der Waals surface area contributed by atoms with Gasteiger partial charge in [-0.1, -0.05) is 13.3 Å². The number of hydrogen-bond donors (Lipinski definition) is 1. The number of nitrogens with two attached hydrogens (primary N) is 1. The molecule has 1 amide bonds. The van der Waals surface area contributed by atoms with Gasteiger partial charge in [0.1, 0.15) is 9.84 Å². The molecule has 1 atom stereocenters. The highest BCUT2D eigenvalue weighted by atomic mass is 32.2. The SMILES string of the molecule is CCC[C@H](N)C(=O)N(C)CCS(C)(=O)=O. The maximum absolute atomic E-state index is 11.6. The van der Waals surface area contributed by atoms with Gasteiger partial charge in [0, 0.05) is 19.8 Å². The molecule has 2 N–H and O–H groups in total. The van der Waals surface area contributed by atoms with Gasteiger partial charge in [-0.25, -0.2) is 8.42 Å². The first-order valence-electron chi connectivity index (χ1n) is 4.96. The van der Waals surface area contributed by atoms with Gasteiger partial charge < -0.3 is 10.6 Å². The summed E-state index contributed by atoms with van der Waals surface area (Å²) >= 11 is 0. The largest absolute Gasteiger partial charge is 0.343 e. The first kappa shape index (κ1) is 14.4. The summed E-state index contributed by atoms with van der Waals surface area (Å²) in [4.78, 5) is 12.9. The molecule has 15 heavy (non-hydrogen) atoms. The van der Waals surface area contributed by atoms with Crippen LogP contribution in [0.4, 0.5) is 0 Å². The highest BCUT2D eigenvalue weighted by molar-refractivity contribution is 7.90. The van der Waals surface area contributed by atoms with Crippen LogP contribution in [-0.4, -0.2) is 50.9 Å². The lowest BCUT2D eigenvalue weighted by Crippen LogP contribution is -2.43. The third-order valence-corrected chi connectivity index (χ3v) is 3.01. The summed E-state index contributed by atoms with van der Waals surface area (Å²) in [5.41, 5.74) is 5.63. The minimum atomic E-state index is -3.03. The fourth-order valence-corrected chi connectivity index (χ4v) is 1.74. The van der Waals surface area contributed by atoms with Crippen LogP contribution in [0.3, 0.4) is 0 Å². The average Bonchev–Trinajstić information content (AvgIpc) is 2.12. The molecule has 6 heteroatoms. The lowest BCUT2D eigenvalue weighted by molar-refractivity contribution is -0.131. The number of carbonyl (C=O) groups is 1. The molecule has 0 aromatic rings. The van der Waals surface area contributed by atoms with Crippen molar-refractivity contribution in [3.8, 4) is 0 Å². The summed E-state index contributed by atoms with van der Waals surface area (Å²) in [7, 11) is -1.45. The third kappa shape index (κ3) is 6.46. The number of sulfone groups is 1. The van der Waals surface area contributed by atoms with Gasteiger partial charge in [0.2, 0.25) is 5.91 Å². The standard InChI is InChI=1S/C9H20N2O3S/c1-4-5-8(10)9(12)11(2)6-7-15(3,13)14/h8H,4-7,10H2,1-3H3/t8-/m0/s1. The zero-order valence-electron chi connectivity index (χ0n) is 9.56. The predicted octanol–water partition coefficient (Wildman–Crippen LogP) is -0.383. The molecular weight excluding hydrogens is 216 g/mol. The Hall–Kier alpha value is -0.620. The summed E-state index contributed by atoms with van der Waals surface area (Å²) in [6.07, 6.45) is 2.62. The summed E-state index contributed by atoms with van der Waals surface area (Å²) in [5.74, 6) is -0.214. The normalized spacial score (nSPS) is 13.6. The van der Waals surface area contributed by atoms with Crippen molar-refractivity contribution in [3.05, 3.63) is 0 Å². The van der Waals surface area contributed by atoms with E-state index in [0.29, 0.717) is 6.42 Å². The fraction of sp³-hybridized carbons (Fsp3) is 0.889. The van der Waals surface area contributed by atoms with Crippen LogP contribution in [0, 0.1) is 0 Å². The Morgan fingerprint density at radius 1 is 1.47 bits per heavy atom. The van der Waals surface area contributed by atoms with Crippen LogP contribution < -0.4 is 5.73 Å². The Labute approximate surface area is 91.5 Å². The van der Waals surface area contributed by atoms with Crippen molar-refractivity contribution >= 4 is 15.7 Å². The fourth-order valence-electron chi connectivity index (χ4n) is 1.13. The van der Waals surface area contributed by atoms with Crippen molar-refractivity contribution in [2.24, 2.45) is 5.73 Å². The van der Waals surface area contributed by atoms with Crippen LogP contribution in [0.1, 0.15) is 19.8 Å². The predicted molar refractivity (Wildman–Crippen MR) is 60.2 cm³/mol. The Morgan fingerprint density at radius 3 is 2.40 bits per heavy atom. The van der Waals surface area contributed by atoms with Crippen LogP contribution in [0.2, 0.25) is 0 Å². The van der Waals surface area contributed by atoms with Crippen molar-refractivity contribution in [1.29, 1.82) is 0 Å². The van der Waals surface area contributed by atoms with E-state index in [9.17, 15) is 13.2 Å². The maximum atomic E-state index is 11.6. The summed E-state index contributed by atoms with van der Waals surface area (Å²) < 4.78 is 21.8. The van der Waals surface area contributed by atoms with E-state index in [0.717, 1.165) is 12.7 Å². The van der Waals surface area contributed by atoms with Crippen molar-refractivity contribution in [3.63, 3.8) is 0 Å². The van der Waals surface area contributed by atoms with E-state index in [1.807, 2.05) is 6.92 Å². The summed E-state index contributed by atoms with van der Waals surface area (Å²) in [6, 6.07) is -0.514. The quantitative estimate of drug-likeness (QED) is 0.681. The van der Waals surface area contributed by atoms with Gasteiger partial charge in [0.15, 0.2) is 0 Å². The van der Waals surface area contributed by atoms with Gasteiger partial charge in [-0.2, -0.15) is 0 Å². The Balaban J connectivity index is 4.10. The van der Waals surface area contributed by atoms with Gasteiger partial charge in [-0.3, -0.25) is 4.79 Å². The number of likely N-dealkylation sites (N-methyl/N-ethyl adjacent to an activating group) is 1. The topological polar surface area (TPSA) is 80.5 Å². The van der Waals surface area contributed by atoms with Crippen molar-refractivity contribution in [2.45, 2.75) is 25.8 Å². The Kier molecular flexibility index (Phi) is 5.82. The molecule has 0 heterocycles. The minimum absolute atomic E-state index is 0.0198. The molecule has 0 bridgehead atoms. The number of amides is 1. The Morgan fingerprint density at radius 2 is 2.00 bits per heavy atom. The molecule has 0 aliphatic heterocycles. The lowest BCUT2D eigenvalue weighted by Gasteiger charge is -2.20. The van der Waals surface area contributed by atoms with Gasteiger partial charge in [-0.15, -0.1) is 0 Å².